The molecule has 1 saturated carbocycles. The van der Waals surface area contributed by atoms with Crippen molar-refractivity contribution in [1.82, 2.24) is 15.5 Å². The maximum atomic E-state index is 12.3. The number of aliphatic imine (C=N–C) groups is 1. The van der Waals surface area contributed by atoms with E-state index in [2.05, 4.69) is 52.8 Å². The zero-order valence-corrected chi connectivity index (χ0v) is 18.9. The molecular formula is C23H38N4OS. The van der Waals surface area contributed by atoms with Gasteiger partial charge in [-0.3, -0.25) is 14.1 Å². The van der Waals surface area contributed by atoms with Crippen LogP contribution in [0.1, 0.15) is 64.0 Å². The van der Waals surface area contributed by atoms with Crippen LogP contribution >= 0.6 is 0 Å². The Morgan fingerprint density at radius 3 is 2.62 bits per heavy atom. The van der Waals surface area contributed by atoms with Crippen LogP contribution in [0.15, 0.2) is 35.3 Å². The quantitative estimate of drug-likeness (QED) is 0.501. The summed E-state index contributed by atoms with van der Waals surface area (Å²) in [6.07, 6.45) is 6.92. The molecule has 0 radical (unpaired) electrons. The third kappa shape index (κ3) is 6.54. The van der Waals surface area contributed by atoms with Crippen molar-refractivity contribution in [3.63, 3.8) is 0 Å². The van der Waals surface area contributed by atoms with E-state index in [0.29, 0.717) is 17.3 Å². The molecule has 162 valence electrons. The Morgan fingerprint density at radius 1 is 1.17 bits per heavy atom. The summed E-state index contributed by atoms with van der Waals surface area (Å²) in [7, 11) is -0.697. The molecule has 29 heavy (non-hydrogen) atoms. The number of guanidine groups is 1. The highest BCUT2D eigenvalue weighted by molar-refractivity contribution is 7.85. The van der Waals surface area contributed by atoms with E-state index < -0.39 is 10.8 Å². The van der Waals surface area contributed by atoms with Gasteiger partial charge in [-0.25, -0.2) is 0 Å². The van der Waals surface area contributed by atoms with Crippen LogP contribution in [0.2, 0.25) is 0 Å². The standard InChI is InChI=1S/C23H38N4OS/c1-3-24-23(26-20-13-10-14-21(17-20)29(28)4-2)25-18-22(27-15-8-9-16-27)19-11-6-5-7-12-19/h5-7,11-12,20-22H,3-4,8-10,13-18H2,1-2H3,(H2,24,25,26). The second kappa shape index (κ2) is 11.7. The van der Waals surface area contributed by atoms with Crippen LogP contribution in [0.4, 0.5) is 0 Å². The first kappa shape index (κ1) is 22.3. The number of nitrogens with zero attached hydrogens (tertiary/aromatic N) is 2. The molecule has 0 amide bonds. The topological polar surface area (TPSA) is 56.7 Å². The molecule has 1 aliphatic carbocycles. The first-order valence-corrected chi connectivity index (χ1v) is 12.8. The van der Waals surface area contributed by atoms with Crippen molar-refractivity contribution in [2.24, 2.45) is 4.99 Å². The first-order chi connectivity index (χ1) is 14.2. The molecule has 1 aromatic carbocycles. The molecule has 5 nitrogen and oxygen atoms in total. The minimum atomic E-state index is -0.697. The van der Waals surface area contributed by atoms with Crippen molar-refractivity contribution >= 4 is 16.8 Å². The summed E-state index contributed by atoms with van der Waals surface area (Å²) in [4.78, 5) is 7.57. The summed E-state index contributed by atoms with van der Waals surface area (Å²) in [5.41, 5.74) is 1.35. The van der Waals surface area contributed by atoms with Gasteiger partial charge in [0.25, 0.3) is 0 Å². The Kier molecular flexibility index (Phi) is 8.99. The van der Waals surface area contributed by atoms with E-state index in [1.807, 2.05) is 6.92 Å². The van der Waals surface area contributed by atoms with Gasteiger partial charge in [0.2, 0.25) is 0 Å². The van der Waals surface area contributed by atoms with Crippen molar-refractivity contribution in [3.8, 4) is 0 Å². The zero-order chi connectivity index (χ0) is 20.5. The van der Waals surface area contributed by atoms with E-state index in [4.69, 9.17) is 4.99 Å². The van der Waals surface area contributed by atoms with E-state index in [0.717, 1.165) is 63.6 Å². The second-order valence-corrected chi connectivity index (χ2v) is 10.2. The molecule has 1 aromatic rings. The fraction of sp³-hybridized carbons (Fsp3) is 0.696. The number of benzene rings is 1. The van der Waals surface area contributed by atoms with Gasteiger partial charge < -0.3 is 10.6 Å². The van der Waals surface area contributed by atoms with Crippen molar-refractivity contribution in [1.29, 1.82) is 0 Å². The molecule has 6 heteroatoms. The van der Waals surface area contributed by atoms with E-state index in [-0.39, 0.29) is 0 Å². The van der Waals surface area contributed by atoms with Crippen molar-refractivity contribution < 1.29 is 4.21 Å². The number of rotatable bonds is 8. The third-order valence-corrected chi connectivity index (χ3v) is 7.90. The van der Waals surface area contributed by atoms with Gasteiger partial charge in [0.15, 0.2) is 5.96 Å². The largest absolute Gasteiger partial charge is 0.357 e. The van der Waals surface area contributed by atoms with Gasteiger partial charge in [0.05, 0.1) is 12.6 Å². The van der Waals surface area contributed by atoms with Gasteiger partial charge in [-0.2, -0.15) is 0 Å². The molecule has 1 heterocycles. The average molecular weight is 419 g/mol. The fourth-order valence-corrected chi connectivity index (χ4v) is 5.95. The smallest absolute Gasteiger partial charge is 0.191 e. The van der Waals surface area contributed by atoms with E-state index in [1.54, 1.807) is 0 Å². The van der Waals surface area contributed by atoms with Crippen LogP contribution in [-0.4, -0.2) is 58.3 Å². The number of nitrogens with one attached hydrogen (secondary N) is 2. The molecule has 0 bridgehead atoms. The lowest BCUT2D eigenvalue weighted by Gasteiger charge is -2.31. The minimum Gasteiger partial charge on any atom is -0.357 e. The summed E-state index contributed by atoms with van der Waals surface area (Å²) in [6, 6.07) is 11.5. The molecule has 2 fully saturated rings. The lowest BCUT2D eigenvalue weighted by molar-refractivity contribution is 0.251. The average Bonchev–Trinajstić information content (AvgIpc) is 3.29. The number of likely N-dealkylation sites (tertiary alicyclic amines) is 1. The summed E-state index contributed by atoms with van der Waals surface area (Å²) in [6.45, 7) is 8.07. The van der Waals surface area contributed by atoms with Gasteiger partial charge in [-0.15, -0.1) is 0 Å². The highest BCUT2D eigenvalue weighted by Crippen LogP contribution is 2.26. The van der Waals surface area contributed by atoms with Gasteiger partial charge in [0.1, 0.15) is 0 Å². The van der Waals surface area contributed by atoms with Crippen molar-refractivity contribution in [2.75, 3.05) is 31.9 Å². The molecule has 4 atom stereocenters. The van der Waals surface area contributed by atoms with Crippen LogP contribution < -0.4 is 10.6 Å². The van der Waals surface area contributed by atoms with Gasteiger partial charge in [0, 0.05) is 34.4 Å². The molecule has 1 saturated heterocycles. The molecule has 2 aliphatic rings. The first-order valence-electron chi connectivity index (χ1n) is 11.4. The second-order valence-electron chi connectivity index (χ2n) is 8.19. The molecule has 4 unspecified atom stereocenters. The Bertz CT molecular complexity index is 660. The molecule has 0 aromatic heterocycles. The highest BCUT2D eigenvalue weighted by atomic mass is 32.2. The zero-order valence-electron chi connectivity index (χ0n) is 18.1. The molecule has 2 N–H and O–H groups in total. The number of hydrogen-bond donors (Lipinski definition) is 2. The van der Waals surface area contributed by atoms with Crippen molar-refractivity contribution in [3.05, 3.63) is 35.9 Å². The Labute approximate surface area is 179 Å². The summed E-state index contributed by atoms with van der Waals surface area (Å²) < 4.78 is 12.3. The lowest BCUT2D eigenvalue weighted by atomic mass is 9.95. The van der Waals surface area contributed by atoms with Crippen LogP contribution in [0.5, 0.6) is 0 Å². The van der Waals surface area contributed by atoms with Crippen LogP contribution in [-0.2, 0) is 10.8 Å². The Hall–Kier alpha value is -1.40. The summed E-state index contributed by atoms with van der Waals surface area (Å²) in [5.74, 6) is 1.67. The predicted molar refractivity (Wildman–Crippen MR) is 124 cm³/mol. The van der Waals surface area contributed by atoms with Crippen LogP contribution in [0.3, 0.4) is 0 Å². The van der Waals surface area contributed by atoms with E-state index in [9.17, 15) is 4.21 Å². The lowest BCUT2D eigenvalue weighted by Crippen LogP contribution is -2.47. The molecule has 3 rings (SSSR count). The number of hydrogen-bond acceptors (Lipinski definition) is 3. The van der Waals surface area contributed by atoms with Gasteiger partial charge in [-0.05, 0) is 57.7 Å². The summed E-state index contributed by atoms with van der Waals surface area (Å²) in [5, 5.41) is 7.41. The predicted octanol–water partition coefficient (Wildman–Crippen LogP) is 3.46. The van der Waals surface area contributed by atoms with Crippen LogP contribution in [0, 0.1) is 0 Å². The Balaban J connectivity index is 1.67. The third-order valence-electron chi connectivity index (χ3n) is 6.16. The normalized spacial score (nSPS) is 25.5. The van der Waals surface area contributed by atoms with E-state index >= 15 is 0 Å². The SMILES string of the molecule is CCNC(=NCC(c1ccccc1)N1CCCC1)NC1CCCC(S(=O)CC)C1. The maximum absolute atomic E-state index is 12.3. The Morgan fingerprint density at radius 2 is 1.93 bits per heavy atom. The van der Waals surface area contributed by atoms with Gasteiger partial charge >= 0.3 is 0 Å². The maximum Gasteiger partial charge on any atom is 0.191 e. The highest BCUT2D eigenvalue weighted by Gasteiger charge is 2.27. The van der Waals surface area contributed by atoms with Gasteiger partial charge in [-0.1, -0.05) is 43.7 Å². The monoisotopic (exact) mass is 418 g/mol. The minimum absolute atomic E-state index is 0.329. The summed E-state index contributed by atoms with van der Waals surface area (Å²) >= 11 is 0. The molecule has 1 aliphatic heterocycles. The molecular weight excluding hydrogens is 380 g/mol. The van der Waals surface area contributed by atoms with Crippen LogP contribution in [0.25, 0.3) is 0 Å². The van der Waals surface area contributed by atoms with Crippen molar-refractivity contribution in [2.45, 2.75) is 69.7 Å². The fourth-order valence-electron chi connectivity index (χ4n) is 4.60. The molecule has 0 spiro atoms. The van der Waals surface area contributed by atoms with E-state index in [1.165, 1.54) is 18.4 Å².